The molecule has 2 atom stereocenters. The van der Waals surface area contributed by atoms with E-state index in [1.807, 2.05) is 0 Å². The molecular formula is C19H18O7. The Morgan fingerprint density at radius 2 is 1.31 bits per heavy atom. The highest BCUT2D eigenvalue weighted by Gasteiger charge is 2.36. The van der Waals surface area contributed by atoms with Crippen molar-refractivity contribution in [3.8, 4) is 0 Å². The summed E-state index contributed by atoms with van der Waals surface area (Å²) in [7, 11) is 1.10. The molecule has 0 aliphatic carbocycles. The molecule has 26 heavy (non-hydrogen) atoms. The second-order valence-corrected chi connectivity index (χ2v) is 5.21. The van der Waals surface area contributed by atoms with Gasteiger partial charge in [0.15, 0.2) is 6.10 Å². The molecule has 7 heteroatoms. The molecule has 0 radical (unpaired) electrons. The van der Waals surface area contributed by atoms with Gasteiger partial charge in [-0.05, 0) is 24.3 Å². The fourth-order valence-electron chi connectivity index (χ4n) is 2.12. The number of hydrogen-bond acceptors (Lipinski definition) is 7. The zero-order valence-corrected chi connectivity index (χ0v) is 14.0. The van der Waals surface area contributed by atoms with Crippen molar-refractivity contribution >= 4 is 17.9 Å². The SMILES string of the molecule is COC(=O)[C@H](OC(=O)c1ccccc1)[C@@H](CO)OC(=O)c1ccccc1. The van der Waals surface area contributed by atoms with Crippen molar-refractivity contribution in [2.24, 2.45) is 0 Å². The maximum Gasteiger partial charge on any atom is 0.351 e. The monoisotopic (exact) mass is 358 g/mol. The summed E-state index contributed by atoms with van der Waals surface area (Å²) in [6.45, 7) is -0.736. The van der Waals surface area contributed by atoms with Crippen LogP contribution in [0.3, 0.4) is 0 Å². The predicted molar refractivity (Wildman–Crippen MR) is 90.4 cm³/mol. The maximum absolute atomic E-state index is 12.2. The van der Waals surface area contributed by atoms with E-state index >= 15 is 0 Å². The molecule has 1 N–H and O–H groups in total. The molecule has 0 saturated heterocycles. The molecule has 0 bridgehead atoms. The largest absolute Gasteiger partial charge is 0.466 e. The Kier molecular flexibility index (Phi) is 6.87. The summed E-state index contributed by atoms with van der Waals surface area (Å²) >= 11 is 0. The van der Waals surface area contributed by atoms with Gasteiger partial charge < -0.3 is 19.3 Å². The van der Waals surface area contributed by atoms with Crippen LogP contribution >= 0.6 is 0 Å². The van der Waals surface area contributed by atoms with E-state index < -0.39 is 36.7 Å². The molecule has 0 aromatic heterocycles. The average Bonchev–Trinajstić information content (AvgIpc) is 2.70. The Balaban J connectivity index is 2.16. The number of hydrogen-bond donors (Lipinski definition) is 1. The van der Waals surface area contributed by atoms with Gasteiger partial charge in [-0.3, -0.25) is 0 Å². The van der Waals surface area contributed by atoms with Crippen LogP contribution in [0.25, 0.3) is 0 Å². The Bertz CT molecular complexity index is 743. The lowest BCUT2D eigenvalue weighted by molar-refractivity contribution is -0.159. The molecule has 0 aliphatic rings. The molecule has 0 spiro atoms. The number of ether oxygens (including phenoxy) is 3. The minimum atomic E-state index is -1.61. The molecule has 0 fully saturated rings. The number of methoxy groups -OCH3 is 1. The number of esters is 3. The van der Waals surface area contributed by atoms with E-state index in [4.69, 9.17) is 9.47 Å². The molecule has 2 aromatic carbocycles. The third kappa shape index (κ3) is 4.90. The van der Waals surface area contributed by atoms with Crippen LogP contribution in [-0.2, 0) is 19.0 Å². The molecular weight excluding hydrogens is 340 g/mol. The van der Waals surface area contributed by atoms with Crippen LogP contribution in [0.5, 0.6) is 0 Å². The van der Waals surface area contributed by atoms with Gasteiger partial charge in [0, 0.05) is 0 Å². The lowest BCUT2D eigenvalue weighted by Crippen LogP contribution is -2.44. The summed E-state index contributed by atoms with van der Waals surface area (Å²) in [5.41, 5.74) is 0.427. The first-order valence-corrected chi connectivity index (χ1v) is 7.77. The summed E-state index contributed by atoms with van der Waals surface area (Å²) in [5, 5.41) is 9.54. The number of carbonyl (C=O) groups is 3. The van der Waals surface area contributed by atoms with Crippen LogP contribution in [0.1, 0.15) is 20.7 Å². The molecule has 0 amide bonds. The highest BCUT2D eigenvalue weighted by molar-refractivity contribution is 5.92. The fourth-order valence-corrected chi connectivity index (χ4v) is 2.12. The van der Waals surface area contributed by atoms with Gasteiger partial charge in [-0.1, -0.05) is 36.4 Å². The Morgan fingerprint density at radius 1 is 0.846 bits per heavy atom. The first-order chi connectivity index (χ1) is 12.6. The van der Waals surface area contributed by atoms with Gasteiger partial charge >= 0.3 is 17.9 Å². The van der Waals surface area contributed by atoms with E-state index in [1.54, 1.807) is 36.4 Å². The number of rotatable bonds is 7. The first-order valence-electron chi connectivity index (χ1n) is 7.77. The van der Waals surface area contributed by atoms with Gasteiger partial charge in [0.1, 0.15) is 0 Å². The highest BCUT2D eigenvalue weighted by atomic mass is 16.6. The smallest absolute Gasteiger partial charge is 0.351 e. The van der Waals surface area contributed by atoms with Crippen LogP contribution in [0.4, 0.5) is 0 Å². The molecule has 2 aromatic rings. The van der Waals surface area contributed by atoms with Crippen LogP contribution in [0, 0.1) is 0 Å². The van der Waals surface area contributed by atoms with E-state index in [-0.39, 0.29) is 11.1 Å². The predicted octanol–water partition coefficient (Wildman–Crippen LogP) is 1.60. The summed E-state index contributed by atoms with van der Waals surface area (Å²) < 4.78 is 14.9. The van der Waals surface area contributed by atoms with Crippen molar-refractivity contribution in [2.75, 3.05) is 13.7 Å². The molecule has 0 heterocycles. The van der Waals surface area contributed by atoms with Gasteiger partial charge in [-0.2, -0.15) is 0 Å². The second kappa shape index (κ2) is 9.33. The van der Waals surface area contributed by atoms with Crippen LogP contribution in [0.15, 0.2) is 60.7 Å². The van der Waals surface area contributed by atoms with E-state index in [0.717, 1.165) is 7.11 Å². The first kappa shape index (κ1) is 19.1. The zero-order chi connectivity index (χ0) is 18.9. The second-order valence-electron chi connectivity index (χ2n) is 5.21. The number of carbonyl (C=O) groups excluding carboxylic acids is 3. The topological polar surface area (TPSA) is 99.1 Å². The number of benzene rings is 2. The maximum atomic E-state index is 12.2. The minimum Gasteiger partial charge on any atom is -0.466 e. The molecule has 0 saturated carbocycles. The van der Waals surface area contributed by atoms with Gasteiger partial charge in [0.25, 0.3) is 0 Å². The summed E-state index contributed by atoms with van der Waals surface area (Å²) in [4.78, 5) is 36.4. The molecule has 7 nitrogen and oxygen atoms in total. The summed E-state index contributed by atoms with van der Waals surface area (Å²) in [6, 6.07) is 16.0. The highest BCUT2D eigenvalue weighted by Crippen LogP contribution is 2.13. The van der Waals surface area contributed by atoms with Crippen LogP contribution in [0.2, 0.25) is 0 Å². The molecule has 136 valence electrons. The normalized spacial score (nSPS) is 12.5. The standard InChI is InChI=1S/C19H18O7/c1-24-19(23)16(26-18(22)14-10-6-3-7-11-14)15(12-20)25-17(21)13-8-4-2-5-9-13/h2-11,15-16,20H,12H2,1H3/t15-,16-/m1/s1. The van der Waals surface area contributed by atoms with Crippen LogP contribution < -0.4 is 0 Å². The quantitative estimate of drug-likeness (QED) is 0.593. The Hall–Kier alpha value is -3.19. The molecule has 2 rings (SSSR count). The molecule has 0 unspecified atom stereocenters. The van der Waals surface area contributed by atoms with E-state index in [9.17, 15) is 19.5 Å². The van der Waals surface area contributed by atoms with Crippen LogP contribution in [-0.4, -0.2) is 48.9 Å². The van der Waals surface area contributed by atoms with Gasteiger partial charge in [-0.15, -0.1) is 0 Å². The van der Waals surface area contributed by atoms with Crippen molar-refractivity contribution in [3.05, 3.63) is 71.8 Å². The van der Waals surface area contributed by atoms with Crippen molar-refractivity contribution < 1.29 is 33.7 Å². The van der Waals surface area contributed by atoms with Crippen molar-refractivity contribution in [2.45, 2.75) is 12.2 Å². The Morgan fingerprint density at radius 3 is 1.73 bits per heavy atom. The van der Waals surface area contributed by atoms with Gasteiger partial charge in [0.05, 0.1) is 24.8 Å². The number of aliphatic hydroxyl groups excluding tert-OH is 1. The third-order valence-corrected chi connectivity index (χ3v) is 3.46. The van der Waals surface area contributed by atoms with Crippen molar-refractivity contribution in [1.82, 2.24) is 0 Å². The fraction of sp³-hybridized carbons (Fsp3) is 0.211. The van der Waals surface area contributed by atoms with E-state index in [1.165, 1.54) is 24.3 Å². The molecule has 0 aliphatic heterocycles. The van der Waals surface area contributed by atoms with E-state index in [0.29, 0.717) is 0 Å². The van der Waals surface area contributed by atoms with Gasteiger partial charge in [0.2, 0.25) is 6.10 Å². The minimum absolute atomic E-state index is 0.201. The van der Waals surface area contributed by atoms with Crippen molar-refractivity contribution in [3.63, 3.8) is 0 Å². The lowest BCUT2D eigenvalue weighted by atomic mass is 10.2. The zero-order valence-electron chi connectivity index (χ0n) is 14.0. The van der Waals surface area contributed by atoms with E-state index in [2.05, 4.69) is 4.74 Å². The van der Waals surface area contributed by atoms with Crippen molar-refractivity contribution in [1.29, 1.82) is 0 Å². The summed E-state index contributed by atoms with van der Waals surface area (Å²) in [6.07, 6.45) is -3.02. The van der Waals surface area contributed by atoms with Gasteiger partial charge in [-0.25, -0.2) is 14.4 Å². The lowest BCUT2D eigenvalue weighted by Gasteiger charge is -2.23. The Labute approximate surface area is 150 Å². The summed E-state index contributed by atoms with van der Waals surface area (Å²) in [5.74, 6) is -2.53. The average molecular weight is 358 g/mol. The third-order valence-electron chi connectivity index (χ3n) is 3.46. The number of aliphatic hydroxyl groups is 1.